The maximum Gasteiger partial charge on any atom is 0.417 e. The summed E-state index contributed by atoms with van der Waals surface area (Å²) in [5.74, 6) is -0.268. The molecule has 0 bridgehead atoms. The maximum absolute atomic E-state index is 13.2. The SMILES string of the molecule is Nc1ccc(-c2cccc3c2CNC3=O)c(C(F)(F)F)c1. The Balaban J connectivity index is 2.26. The Morgan fingerprint density at radius 1 is 1.05 bits per heavy atom. The van der Waals surface area contributed by atoms with Crippen molar-refractivity contribution in [2.45, 2.75) is 12.7 Å². The zero-order chi connectivity index (χ0) is 15.2. The first kappa shape index (κ1) is 13.5. The van der Waals surface area contributed by atoms with Gasteiger partial charge in [0.1, 0.15) is 0 Å². The van der Waals surface area contributed by atoms with Crippen LogP contribution < -0.4 is 11.1 Å². The average Bonchev–Trinajstić information content (AvgIpc) is 2.80. The van der Waals surface area contributed by atoms with Gasteiger partial charge in [0, 0.05) is 17.8 Å². The Hall–Kier alpha value is -2.50. The van der Waals surface area contributed by atoms with Gasteiger partial charge in [0.25, 0.3) is 5.91 Å². The van der Waals surface area contributed by atoms with E-state index in [-0.39, 0.29) is 23.7 Å². The number of hydrogen-bond donors (Lipinski definition) is 2. The van der Waals surface area contributed by atoms with Crippen LogP contribution in [0.3, 0.4) is 0 Å². The van der Waals surface area contributed by atoms with E-state index in [0.717, 1.165) is 6.07 Å². The third kappa shape index (κ3) is 2.22. The second kappa shape index (κ2) is 4.51. The number of nitrogens with two attached hydrogens (primary N) is 1. The summed E-state index contributed by atoms with van der Waals surface area (Å²) in [5, 5.41) is 2.62. The number of rotatable bonds is 1. The first-order chi connectivity index (χ1) is 9.88. The lowest BCUT2D eigenvalue weighted by Crippen LogP contribution is -2.12. The lowest BCUT2D eigenvalue weighted by Gasteiger charge is -2.15. The predicted octanol–water partition coefficient (Wildman–Crippen LogP) is 3.20. The highest BCUT2D eigenvalue weighted by molar-refractivity contribution is 6.00. The third-order valence-electron chi connectivity index (χ3n) is 3.49. The molecule has 1 heterocycles. The topological polar surface area (TPSA) is 55.1 Å². The summed E-state index contributed by atoms with van der Waals surface area (Å²) < 4.78 is 39.6. The summed E-state index contributed by atoms with van der Waals surface area (Å²) in [6.07, 6.45) is -4.51. The minimum atomic E-state index is -4.51. The van der Waals surface area contributed by atoms with Crippen LogP contribution in [-0.4, -0.2) is 5.91 Å². The molecule has 3 nitrogen and oxygen atoms in total. The molecule has 2 aromatic carbocycles. The minimum Gasteiger partial charge on any atom is -0.399 e. The molecular weight excluding hydrogens is 281 g/mol. The molecule has 1 aliphatic rings. The summed E-state index contributed by atoms with van der Waals surface area (Å²) >= 11 is 0. The van der Waals surface area contributed by atoms with Crippen LogP contribution in [0.25, 0.3) is 11.1 Å². The zero-order valence-electron chi connectivity index (χ0n) is 10.8. The van der Waals surface area contributed by atoms with Gasteiger partial charge in [0.15, 0.2) is 0 Å². The van der Waals surface area contributed by atoms with Crippen LogP contribution in [0.1, 0.15) is 21.5 Å². The van der Waals surface area contributed by atoms with Gasteiger partial charge < -0.3 is 11.1 Å². The quantitative estimate of drug-likeness (QED) is 0.793. The van der Waals surface area contributed by atoms with Crippen molar-refractivity contribution in [1.82, 2.24) is 5.32 Å². The number of benzene rings is 2. The van der Waals surface area contributed by atoms with Crippen LogP contribution >= 0.6 is 0 Å². The van der Waals surface area contributed by atoms with E-state index in [2.05, 4.69) is 5.32 Å². The number of fused-ring (bicyclic) bond motifs is 1. The summed E-state index contributed by atoms with van der Waals surface area (Å²) in [7, 11) is 0. The van der Waals surface area contributed by atoms with E-state index in [1.165, 1.54) is 12.1 Å². The Labute approximate surface area is 118 Å². The van der Waals surface area contributed by atoms with Crippen LogP contribution in [0.5, 0.6) is 0 Å². The van der Waals surface area contributed by atoms with Gasteiger partial charge >= 0.3 is 6.18 Å². The van der Waals surface area contributed by atoms with Crippen molar-refractivity contribution in [3.05, 3.63) is 53.1 Å². The number of carbonyl (C=O) groups is 1. The average molecular weight is 292 g/mol. The highest BCUT2D eigenvalue weighted by Crippen LogP contribution is 2.40. The molecule has 0 aromatic heterocycles. The fourth-order valence-corrected chi connectivity index (χ4v) is 2.54. The number of nitrogens with one attached hydrogen (secondary N) is 1. The van der Waals surface area contributed by atoms with Gasteiger partial charge in [-0.2, -0.15) is 13.2 Å². The Bertz CT molecular complexity index is 738. The van der Waals surface area contributed by atoms with E-state index in [1.54, 1.807) is 18.2 Å². The molecule has 1 amide bonds. The van der Waals surface area contributed by atoms with Crippen molar-refractivity contribution >= 4 is 11.6 Å². The number of carbonyl (C=O) groups excluding carboxylic acids is 1. The second-order valence-electron chi connectivity index (χ2n) is 4.82. The number of alkyl halides is 3. The molecule has 0 radical (unpaired) electrons. The molecule has 1 aliphatic heterocycles. The van der Waals surface area contributed by atoms with Crippen molar-refractivity contribution in [2.24, 2.45) is 0 Å². The number of nitrogen functional groups attached to an aromatic ring is 1. The van der Waals surface area contributed by atoms with Crippen molar-refractivity contribution in [2.75, 3.05) is 5.73 Å². The molecule has 0 spiro atoms. The molecule has 0 saturated carbocycles. The summed E-state index contributed by atoms with van der Waals surface area (Å²) in [6, 6.07) is 8.45. The zero-order valence-corrected chi connectivity index (χ0v) is 10.8. The van der Waals surface area contributed by atoms with E-state index in [1.807, 2.05) is 0 Å². The predicted molar refractivity (Wildman–Crippen MR) is 72.5 cm³/mol. The van der Waals surface area contributed by atoms with E-state index in [4.69, 9.17) is 5.73 Å². The lowest BCUT2D eigenvalue weighted by atomic mass is 9.93. The molecule has 108 valence electrons. The van der Waals surface area contributed by atoms with Crippen molar-refractivity contribution in [3.8, 4) is 11.1 Å². The molecule has 21 heavy (non-hydrogen) atoms. The number of halogens is 3. The van der Waals surface area contributed by atoms with E-state index in [0.29, 0.717) is 16.7 Å². The Kier molecular flexibility index (Phi) is 2.90. The molecule has 0 fully saturated rings. The number of amides is 1. The molecule has 6 heteroatoms. The monoisotopic (exact) mass is 292 g/mol. The van der Waals surface area contributed by atoms with E-state index >= 15 is 0 Å². The van der Waals surface area contributed by atoms with Gasteiger partial charge in [0.2, 0.25) is 0 Å². The molecule has 2 aromatic rings. The van der Waals surface area contributed by atoms with Crippen LogP contribution in [0.4, 0.5) is 18.9 Å². The molecule has 0 atom stereocenters. The summed E-state index contributed by atoms with van der Waals surface area (Å²) in [6.45, 7) is 0.228. The van der Waals surface area contributed by atoms with Crippen molar-refractivity contribution < 1.29 is 18.0 Å². The normalized spacial score (nSPS) is 14.0. The number of anilines is 1. The van der Waals surface area contributed by atoms with Crippen molar-refractivity contribution in [1.29, 1.82) is 0 Å². The van der Waals surface area contributed by atoms with Gasteiger partial charge in [-0.25, -0.2) is 0 Å². The standard InChI is InChI=1S/C15H11F3N2O/c16-15(17,18)13-6-8(19)4-5-10(13)9-2-1-3-11-12(9)7-20-14(11)21/h1-6H,7,19H2,(H,20,21). The third-order valence-corrected chi connectivity index (χ3v) is 3.49. The van der Waals surface area contributed by atoms with Crippen LogP contribution in [0, 0.1) is 0 Å². The Morgan fingerprint density at radius 3 is 2.48 bits per heavy atom. The van der Waals surface area contributed by atoms with Crippen molar-refractivity contribution in [3.63, 3.8) is 0 Å². The molecule has 0 aliphatic carbocycles. The van der Waals surface area contributed by atoms with E-state index in [9.17, 15) is 18.0 Å². The second-order valence-corrected chi connectivity index (χ2v) is 4.82. The molecule has 3 N–H and O–H groups in total. The largest absolute Gasteiger partial charge is 0.417 e. The van der Waals surface area contributed by atoms with Gasteiger partial charge in [-0.15, -0.1) is 0 Å². The van der Waals surface area contributed by atoms with Crippen LogP contribution in [-0.2, 0) is 12.7 Å². The van der Waals surface area contributed by atoms with Gasteiger partial charge in [-0.05, 0) is 34.9 Å². The molecule has 0 unspecified atom stereocenters. The van der Waals surface area contributed by atoms with Gasteiger partial charge in [0.05, 0.1) is 5.56 Å². The van der Waals surface area contributed by atoms with Gasteiger partial charge in [-0.3, -0.25) is 4.79 Å². The van der Waals surface area contributed by atoms with Gasteiger partial charge in [-0.1, -0.05) is 18.2 Å². The summed E-state index contributed by atoms with van der Waals surface area (Å²) in [5.41, 5.74) is 6.15. The van der Waals surface area contributed by atoms with E-state index < -0.39 is 11.7 Å². The highest BCUT2D eigenvalue weighted by atomic mass is 19.4. The number of hydrogen-bond acceptors (Lipinski definition) is 2. The fourth-order valence-electron chi connectivity index (χ4n) is 2.54. The smallest absolute Gasteiger partial charge is 0.399 e. The molecular formula is C15H11F3N2O. The summed E-state index contributed by atoms with van der Waals surface area (Å²) in [4.78, 5) is 11.6. The molecule has 0 saturated heterocycles. The fraction of sp³-hybridized carbons (Fsp3) is 0.133. The minimum absolute atomic E-state index is 0.0325. The molecule has 3 rings (SSSR count). The maximum atomic E-state index is 13.2. The first-order valence-electron chi connectivity index (χ1n) is 6.25. The Morgan fingerprint density at radius 2 is 1.76 bits per heavy atom. The van der Waals surface area contributed by atoms with Crippen LogP contribution in [0.2, 0.25) is 0 Å². The van der Waals surface area contributed by atoms with Crippen LogP contribution in [0.15, 0.2) is 36.4 Å². The lowest BCUT2D eigenvalue weighted by molar-refractivity contribution is -0.137. The first-order valence-corrected chi connectivity index (χ1v) is 6.25. The highest BCUT2D eigenvalue weighted by Gasteiger charge is 2.35.